The maximum atomic E-state index is 12.5. The van der Waals surface area contributed by atoms with Gasteiger partial charge >= 0.3 is 6.09 Å². The second-order valence-corrected chi connectivity index (χ2v) is 7.24. The largest absolute Gasteiger partial charge is 0.444 e. The van der Waals surface area contributed by atoms with Crippen molar-refractivity contribution in [2.24, 2.45) is 7.05 Å². The number of nitrogens with zero attached hydrogens (tertiary/aromatic N) is 4. The van der Waals surface area contributed by atoms with E-state index in [0.29, 0.717) is 30.9 Å². The Balaban J connectivity index is 1.80. The second-order valence-electron chi connectivity index (χ2n) is 7.24. The van der Waals surface area contributed by atoms with Gasteiger partial charge in [0.2, 0.25) is 0 Å². The number of nitrogens with one attached hydrogen (secondary N) is 1. The number of anilines is 1. The highest BCUT2D eigenvalue weighted by Crippen LogP contribution is 2.27. The highest BCUT2D eigenvalue weighted by Gasteiger charge is 2.30. The molecule has 3 rings (SSSR count). The zero-order valence-corrected chi connectivity index (χ0v) is 15.4. The molecule has 1 aliphatic rings. The summed E-state index contributed by atoms with van der Waals surface area (Å²) in [5, 5.41) is 7.37. The van der Waals surface area contributed by atoms with Gasteiger partial charge in [-0.1, -0.05) is 0 Å². The van der Waals surface area contributed by atoms with E-state index in [1.165, 1.54) is 0 Å². The van der Waals surface area contributed by atoms with Gasteiger partial charge in [0.1, 0.15) is 11.4 Å². The van der Waals surface area contributed by atoms with Gasteiger partial charge in [0.05, 0.1) is 12.2 Å². The molecule has 0 unspecified atom stereocenters. The van der Waals surface area contributed by atoms with E-state index in [2.05, 4.69) is 15.4 Å². The molecule has 0 spiro atoms. The minimum atomic E-state index is -0.551. The van der Waals surface area contributed by atoms with E-state index in [1.54, 1.807) is 41.2 Å². The van der Waals surface area contributed by atoms with E-state index in [-0.39, 0.29) is 12.0 Å². The van der Waals surface area contributed by atoms with Gasteiger partial charge in [0, 0.05) is 43.5 Å². The molecule has 0 aliphatic carbocycles. The van der Waals surface area contributed by atoms with E-state index in [4.69, 9.17) is 4.74 Å². The van der Waals surface area contributed by atoms with Crippen LogP contribution in [0.2, 0.25) is 0 Å². The maximum absolute atomic E-state index is 12.5. The fourth-order valence-corrected chi connectivity index (χ4v) is 2.82. The number of hydrogen-bond acceptors (Lipinski definition) is 5. The maximum Gasteiger partial charge on any atom is 0.410 e. The summed E-state index contributed by atoms with van der Waals surface area (Å²) in [6, 6.07) is 3.29. The predicted octanol–water partition coefficient (Wildman–Crippen LogP) is 2.36. The standard InChI is InChI=1S/C18H23N5O3/c1-18(2,3)26-17(25)23-10-7-14-13(11-23)15(22(4)21-14)20-16(24)12-5-8-19-9-6-12/h5-6,8-9H,7,10-11H2,1-4H3,(H,20,24). The van der Waals surface area contributed by atoms with Crippen molar-refractivity contribution in [1.82, 2.24) is 19.7 Å². The van der Waals surface area contributed by atoms with Crippen molar-refractivity contribution < 1.29 is 14.3 Å². The van der Waals surface area contributed by atoms with Crippen molar-refractivity contribution in [2.45, 2.75) is 39.3 Å². The normalized spacial score (nSPS) is 13.9. The lowest BCUT2D eigenvalue weighted by Gasteiger charge is -2.29. The summed E-state index contributed by atoms with van der Waals surface area (Å²) in [4.78, 5) is 30.4. The Labute approximate surface area is 152 Å². The van der Waals surface area contributed by atoms with Crippen LogP contribution < -0.4 is 5.32 Å². The van der Waals surface area contributed by atoms with Crippen molar-refractivity contribution in [2.75, 3.05) is 11.9 Å². The average molecular weight is 357 g/mol. The highest BCUT2D eigenvalue weighted by atomic mass is 16.6. The first-order valence-electron chi connectivity index (χ1n) is 8.48. The first-order valence-corrected chi connectivity index (χ1v) is 8.48. The van der Waals surface area contributed by atoms with Gasteiger partial charge in [-0.05, 0) is 32.9 Å². The number of pyridine rings is 1. The number of rotatable bonds is 2. The fraction of sp³-hybridized carbons (Fsp3) is 0.444. The average Bonchev–Trinajstić information content (AvgIpc) is 2.89. The molecule has 1 aliphatic heterocycles. The molecule has 3 heterocycles. The first kappa shape index (κ1) is 17.9. The van der Waals surface area contributed by atoms with Gasteiger partial charge < -0.3 is 15.0 Å². The third kappa shape index (κ3) is 3.84. The van der Waals surface area contributed by atoms with Gasteiger partial charge in [-0.3, -0.25) is 14.5 Å². The van der Waals surface area contributed by atoms with E-state index in [0.717, 1.165) is 11.3 Å². The minimum absolute atomic E-state index is 0.243. The Morgan fingerprint density at radius 3 is 2.58 bits per heavy atom. The fourth-order valence-electron chi connectivity index (χ4n) is 2.82. The molecule has 0 radical (unpaired) electrons. The first-order chi connectivity index (χ1) is 12.2. The predicted molar refractivity (Wildman–Crippen MR) is 95.7 cm³/mol. The molecule has 0 atom stereocenters. The molecule has 26 heavy (non-hydrogen) atoms. The van der Waals surface area contributed by atoms with Crippen LogP contribution in [0.1, 0.15) is 42.4 Å². The number of fused-ring (bicyclic) bond motifs is 1. The topological polar surface area (TPSA) is 89.4 Å². The summed E-state index contributed by atoms with van der Waals surface area (Å²) in [5.74, 6) is 0.350. The minimum Gasteiger partial charge on any atom is -0.444 e. The van der Waals surface area contributed by atoms with Gasteiger partial charge in [0.15, 0.2) is 0 Å². The monoisotopic (exact) mass is 357 g/mol. The lowest BCUT2D eigenvalue weighted by Crippen LogP contribution is -2.40. The molecule has 2 amide bonds. The zero-order chi connectivity index (χ0) is 18.9. The molecule has 8 heteroatoms. The van der Waals surface area contributed by atoms with E-state index >= 15 is 0 Å². The summed E-state index contributed by atoms with van der Waals surface area (Å²) in [5.41, 5.74) is 1.68. The second kappa shape index (κ2) is 6.78. The van der Waals surface area contributed by atoms with Crippen LogP contribution in [0.3, 0.4) is 0 Å². The summed E-state index contributed by atoms with van der Waals surface area (Å²) in [6.07, 6.45) is 3.39. The van der Waals surface area contributed by atoms with Crippen LogP contribution >= 0.6 is 0 Å². The molecule has 1 N–H and O–H groups in total. The van der Waals surface area contributed by atoms with E-state index in [9.17, 15) is 9.59 Å². The van der Waals surface area contributed by atoms with Crippen molar-refractivity contribution in [3.8, 4) is 0 Å². The lowest BCUT2D eigenvalue weighted by atomic mass is 10.1. The molecule has 2 aromatic rings. The van der Waals surface area contributed by atoms with Crippen LogP contribution in [0.5, 0.6) is 0 Å². The summed E-state index contributed by atoms with van der Waals surface area (Å²) >= 11 is 0. The molecule has 0 bridgehead atoms. The van der Waals surface area contributed by atoms with Crippen LogP contribution in [-0.2, 0) is 24.8 Å². The molecule has 0 fully saturated rings. The number of aryl methyl sites for hydroxylation is 1. The Hall–Kier alpha value is -2.90. The van der Waals surface area contributed by atoms with Crippen molar-refractivity contribution in [1.29, 1.82) is 0 Å². The van der Waals surface area contributed by atoms with Crippen LogP contribution in [0, 0.1) is 0 Å². The van der Waals surface area contributed by atoms with Crippen LogP contribution in [0.15, 0.2) is 24.5 Å². The molecule has 0 saturated carbocycles. The summed E-state index contributed by atoms with van der Waals surface area (Å²) in [6.45, 7) is 6.40. The third-order valence-corrected chi connectivity index (χ3v) is 4.02. The highest BCUT2D eigenvalue weighted by molar-refractivity contribution is 6.04. The number of carbonyl (C=O) groups excluding carboxylic acids is 2. The smallest absolute Gasteiger partial charge is 0.410 e. The number of amides is 2. The Kier molecular flexibility index (Phi) is 4.67. The van der Waals surface area contributed by atoms with Crippen LogP contribution in [-0.4, -0.2) is 43.8 Å². The Bertz CT molecular complexity index is 823. The summed E-state index contributed by atoms with van der Waals surface area (Å²) < 4.78 is 7.10. The molecule has 0 aromatic carbocycles. The molecule has 0 saturated heterocycles. The van der Waals surface area contributed by atoms with Gasteiger partial charge in [-0.2, -0.15) is 5.10 Å². The van der Waals surface area contributed by atoms with Crippen molar-refractivity contribution in [3.63, 3.8) is 0 Å². The quantitative estimate of drug-likeness (QED) is 0.891. The van der Waals surface area contributed by atoms with Gasteiger partial charge in [-0.25, -0.2) is 4.79 Å². The molecule has 138 valence electrons. The number of carbonyl (C=O) groups is 2. The molecular formula is C18H23N5O3. The van der Waals surface area contributed by atoms with Crippen LogP contribution in [0.25, 0.3) is 0 Å². The van der Waals surface area contributed by atoms with Gasteiger partial charge in [-0.15, -0.1) is 0 Å². The summed E-state index contributed by atoms with van der Waals surface area (Å²) in [7, 11) is 1.78. The number of ether oxygens (including phenoxy) is 1. The molecule has 2 aromatic heterocycles. The molecule has 8 nitrogen and oxygen atoms in total. The van der Waals surface area contributed by atoms with E-state index < -0.39 is 5.60 Å². The van der Waals surface area contributed by atoms with Crippen molar-refractivity contribution in [3.05, 3.63) is 41.3 Å². The lowest BCUT2D eigenvalue weighted by molar-refractivity contribution is 0.0224. The Morgan fingerprint density at radius 2 is 1.92 bits per heavy atom. The zero-order valence-electron chi connectivity index (χ0n) is 15.4. The molecular weight excluding hydrogens is 334 g/mol. The Morgan fingerprint density at radius 1 is 1.23 bits per heavy atom. The van der Waals surface area contributed by atoms with E-state index in [1.807, 2.05) is 20.8 Å². The number of aromatic nitrogens is 3. The SMILES string of the molecule is Cn1nc2c(c1NC(=O)c1ccncc1)CN(C(=O)OC(C)(C)C)CC2. The van der Waals surface area contributed by atoms with Gasteiger partial charge in [0.25, 0.3) is 5.91 Å². The third-order valence-electron chi connectivity index (χ3n) is 4.02. The van der Waals surface area contributed by atoms with Crippen molar-refractivity contribution >= 4 is 17.8 Å². The van der Waals surface area contributed by atoms with Crippen LogP contribution in [0.4, 0.5) is 10.6 Å². The number of hydrogen-bond donors (Lipinski definition) is 1.